The van der Waals surface area contributed by atoms with Crippen LogP contribution in [-0.4, -0.2) is 36.2 Å². The van der Waals surface area contributed by atoms with Gasteiger partial charge in [-0.05, 0) is 57.9 Å². The predicted molar refractivity (Wildman–Crippen MR) is 104 cm³/mol. The molecule has 0 spiro atoms. The Morgan fingerprint density at radius 1 is 1.19 bits per heavy atom. The second kappa shape index (κ2) is 9.26. The van der Waals surface area contributed by atoms with Gasteiger partial charge in [0.25, 0.3) is 5.91 Å². The molecule has 0 saturated heterocycles. The summed E-state index contributed by atoms with van der Waals surface area (Å²) in [6.45, 7) is 8.69. The molecule has 0 saturated carbocycles. The fourth-order valence-corrected chi connectivity index (χ4v) is 3.04. The molecule has 2 rings (SSSR count). The number of hydrogen-bond donors (Lipinski definition) is 1. The maximum atomic E-state index is 12.4. The van der Waals surface area contributed by atoms with Gasteiger partial charge in [0.1, 0.15) is 5.75 Å². The van der Waals surface area contributed by atoms with Crippen LogP contribution in [-0.2, 0) is 22.5 Å². The third kappa shape index (κ3) is 5.12. The smallest absolute Gasteiger partial charge is 0.340 e. The normalized spacial score (nSPS) is 11.7. The van der Waals surface area contributed by atoms with Crippen molar-refractivity contribution in [3.05, 3.63) is 52.8 Å². The Morgan fingerprint density at radius 3 is 2.41 bits per heavy atom. The highest BCUT2D eigenvalue weighted by Gasteiger charge is 2.22. The fraction of sp³-hybridized carbons (Fsp3) is 0.429. The van der Waals surface area contributed by atoms with E-state index in [1.54, 1.807) is 20.1 Å². The molecule has 27 heavy (non-hydrogen) atoms. The molecule has 0 unspecified atom stereocenters. The topological polar surface area (TPSA) is 69.6 Å². The minimum Gasteiger partial charge on any atom is -0.497 e. The van der Waals surface area contributed by atoms with Crippen molar-refractivity contribution in [3.8, 4) is 5.75 Å². The Morgan fingerprint density at radius 2 is 1.85 bits per heavy atom. The van der Waals surface area contributed by atoms with E-state index in [1.165, 1.54) is 0 Å². The molecule has 0 bridgehead atoms. The molecular weight excluding hydrogens is 344 g/mol. The van der Waals surface area contributed by atoms with Gasteiger partial charge < -0.3 is 19.4 Å². The molecular formula is C21H28N2O4. The van der Waals surface area contributed by atoms with Crippen molar-refractivity contribution < 1.29 is 19.1 Å². The monoisotopic (exact) mass is 372 g/mol. The first kappa shape index (κ1) is 20.6. The third-order valence-electron chi connectivity index (χ3n) is 4.63. The van der Waals surface area contributed by atoms with E-state index in [1.807, 2.05) is 49.6 Å². The summed E-state index contributed by atoms with van der Waals surface area (Å²) in [5.74, 6) is 0.0209. The molecule has 1 amide bonds. The molecule has 146 valence electrons. The lowest BCUT2D eigenvalue weighted by Crippen LogP contribution is -2.37. The molecule has 0 aliphatic carbocycles. The number of aryl methyl sites for hydroxylation is 1. The van der Waals surface area contributed by atoms with Gasteiger partial charge in [0.15, 0.2) is 6.10 Å². The largest absolute Gasteiger partial charge is 0.497 e. The van der Waals surface area contributed by atoms with Crippen LogP contribution in [0.3, 0.4) is 0 Å². The fourth-order valence-electron chi connectivity index (χ4n) is 3.04. The summed E-state index contributed by atoms with van der Waals surface area (Å²) in [7, 11) is 1.62. The van der Waals surface area contributed by atoms with Crippen molar-refractivity contribution in [2.45, 2.75) is 46.8 Å². The third-order valence-corrected chi connectivity index (χ3v) is 4.63. The van der Waals surface area contributed by atoms with Gasteiger partial charge in [0.2, 0.25) is 0 Å². The molecule has 1 aromatic carbocycles. The number of carbonyl (C=O) groups is 2. The van der Waals surface area contributed by atoms with E-state index in [9.17, 15) is 9.59 Å². The molecule has 6 heteroatoms. The van der Waals surface area contributed by atoms with E-state index < -0.39 is 12.1 Å². The van der Waals surface area contributed by atoms with Crippen molar-refractivity contribution in [2.24, 2.45) is 0 Å². The molecule has 0 radical (unpaired) electrons. The zero-order valence-corrected chi connectivity index (χ0v) is 16.7. The van der Waals surface area contributed by atoms with Crippen LogP contribution in [0.25, 0.3) is 0 Å². The lowest BCUT2D eigenvalue weighted by Gasteiger charge is -2.14. The average Bonchev–Trinajstić information content (AvgIpc) is 2.95. The van der Waals surface area contributed by atoms with E-state index in [2.05, 4.69) is 5.32 Å². The summed E-state index contributed by atoms with van der Waals surface area (Å²) in [5, 5.41) is 2.81. The lowest BCUT2D eigenvalue weighted by atomic mass is 10.1. The SMILES string of the molecule is CCn1c(C)cc(C(=O)O[C@@H](C)C(=O)NCCc2ccc(OC)cc2)c1C. The first-order valence-corrected chi connectivity index (χ1v) is 9.15. The molecule has 1 atom stereocenters. The molecule has 0 aliphatic heterocycles. The van der Waals surface area contributed by atoms with Gasteiger partial charge in [-0.1, -0.05) is 12.1 Å². The molecule has 6 nitrogen and oxygen atoms in total. The van der Waals surface area contributed by atoms with E-state index >= 15 is 0 Å². The number of carbonyl (C=O) groups excluding carboxylic acids is 2. The van der Waals surface area contributed by atoms with Crippen LogP contribution in [0.2, 0.25) is 0 Å². The number of nitrogens with zero attached hydrogens (tertiary/aromatic N) is 1. The first-order chi connectivity index (χ1) is 12.9. The summed E-state index contributed by atoms with van der Waals surface area (Å²) in [4.78, 5) is 24.6. The Bertz CT molecular complexity index is 793. The molecule has 0 fully saturated rings. The van der Waals surface area contributed by atoms with Crippen molar-refractivity contribution in [2.75, 3.05) is 13.7 Å². The summed E-state index contributed by atoms with van der Waals surface area (Å²) in [6, 6.07) is 9.48. The minimum absolute atomic E-state index is 0.304. The number of aromatic nitrogens is 1. The number of hydrogen-bond acceptors (Lipinski definition) is 4. The average molecular weight is 372 g/mol. The van der Waals surface area contributed by atoms with Crippen LogP contribution < -0.4 is 10.1 Å². The molecule has 1 aromatic heterocycles. The Kier molecular flexibility index (Phi) is 7.05. The summed E-state index contributed by atoms with van der Waals surface area (Å²) in [6.07, 6.45) is -0.160. The van der Waals surface area contributed by atoms with E-state index in [0.29, 0.717) is 18.5 Å². The number of nitrogens with one attached hydrogen (secondary N) is 1. The highest BCUT2D eigenvalue weighted by molar-refractivity contribution is 5.93. The highest BCUT2D eigenvalue weighted by Crippen LogP contribution is 2.17. The maximum absolute atomic E-state index is 12.4. The van der Waals surface area contributed by atoms with Gasteiger partial charge in [-0.15, -0.1) is 0 Å². The van der Waals surface area contributed by atoms with Crippen LogP contribution in [0.15, 0.2) is 30.3 Å². The highest BCUT2D eigenvalue weighted by atomic mass is 16.5. The van der Waals surface area contributed by atoms with Gasteiger partial charge in [-0.3, -0.25) is 4.79 Å². The zero-order valence-electron chi connectivity index (χ0n) is 16.7. The minimum atomic E-state index is -0.849. The predicted octanol–water partition coefficient (Wildman–Crippen LogP) is 3.04. The number of ether oxygens (including phenoxy) is 2. The Labute approximate surface area is 160 Å². The second-order valence-electron chi connectivity index (χ2n) is 6.47. The standard InChI is InChI=1S/C21H28N2O4/c1-6-23-14(2)13-19(15(23)3)21(25)27-16(4)20(24)22-12-11-17-7-9-18(26-5)10-8-17/h7-10,13,16H,6,11-12H2,1-5H3,(H,22,24)/t16-/m0/s1. The van der Waals surface area contributed by atoms with E-state index in [0.717, 1.165) is 29.2 Å². The van der Waals surface area contributed by atoms with Crippen molar-refractivity contribution >= 4 is 11.9 Å². The van der Waals surface area contributed by atoms with Gasteiger partial charge in [-0.2, -0.15) is 0 Å². The van der Waals surface area contributed by atoms with Crippen LogP contribution >= 0.6 is 0 Å². The quantitative estimate of drug-likeness (QED) is 0.723. The molecule has 2 aromatic rings. The van der Waals surface area contributed by atoms with Crippen molar-refractivity contribution in [1.29, 1.82) is 0 Å². The van der Waals surface area contributed by atoms with Gasteiger partial charge >= 0.3 is 5.97 Å². The molecule has 1 N–H and O–H groups in total. The van der Waals surface area contributed by atoms with Crippen LogP contribution in [0.1, 0.15) is 41.2 Å². The second-order valence-corrected chi connectivity index (χ2v) is 6.47. The van der Waals surface area contributed by atoms with Gasteiger partial charge in [-0.25, -0.2) is 4.79 Å². The number of benzene rings is 1. The van der Waals surface area contributed by atoms with Crippen LogP contribution in [0, 0.1) is 13.8 Å². The summed E-state index contributed by atoms with van der Waals surface area (Å²) >= 11 is 0. The van der Waals surface area contributed by atoms with Crippen LogP contribution in [0.5, 0.6) is 5.75 Å². The zero-order chi connectivity index (χ0) is 20.0. The van der Waals surface area contributed by atoms with Crippen molar-refractivity contribution in [1.82, 2.24) is 9.88 Å². The van der Waals surface area contributed by atoms with E-state index in [4.69, 9.17) is 9.47 Å². The Hall–Kier alpha value is -2.76. The van der Waals surface area contributed by atoms with Gasteiger partial charge in [0.05, 0.1) is 12.7 Å². The lowest BCUT2D eigenvalue weighted by molar-refractivity contribution is -0.129. The number of esters is 1. The summed E-state index contributed by atoms with van der Waals surface area (Å²) in [5.41, 5.74) is 3.45. The molecule has 1 heterocycles. The summed E-state index contributed by atoms with van der Waals surface area (Å²) < 4.78 is 12.5. The number of methoxy groups -OCH3 is 1. The van der Waals surface area contributed by atoms with Gasteiger partial charge in [0, 0.05) is 24.5 Å². The maximum Gasteiger partial charge on any atom is 0.340 e. The number of rotatable bonds is 8. The van der Waals surface area contributed by atoms with Crippen LogP contribution in [0.4, 0.5) is 0 Å². The van der Waals surface area contributed by atoms with Crippen molar-refractivity contribution in [3.63, 3.8) is 0 Å². The van der Waals surface area contributed by atoms with E-state index in [-0.39, 0.29) is 5.91 Å². The number of amides is 1. The first-order valence-electron chi connectivity index (χ1n) is 9.15. The Balaban J connectivity index is 1.85. The molecule has 0 aliphatic rings.